The van der Waals surface area contributed by atoms with Crippen molar-refractivity contribution in [1.29, 1.82) is 0 Å². The predicted molar refractivity (Wildman–Crippen MR) is 85.0 cm³/mol. The molecule has 3 rings (SSSR count). The maximum Gasteiger partial charge on any atom is 0.374 e. The summed E-state index contributed by atoms with van der Waals surface area (Å²) < 4.78 is 11.2. The van der Waals surface area contributed by atoms with Crippen LogP contribution in [-0.4, -0.2) is 18.4 Å². The van der Waals surface area contributed by atoms with E-state index in [0.717, 1.165) is 9.86 Å². The Balaban J connectivity index is 1.68. The standard InChI is InChI=1S/C17H11BrO4/c18-13-6-3-5-11(8-13)14(19)10-21-17(20)16-9-12-4-1-2-7-15(12)22-16/h1-9H,10H2. The third-order valence-electron chi connectivity index (χ3n) is 3.11. The van der Waals surface area contributed by atoms with Crippen LogP contribution in [0.5, 0.6) is 0 Å². The molecule has 3 aromatic rings. The average molecular weight is 359 g/mol. The molecular formula is C17H11BrO4. The Morgan fingerprint density at radius 1 is 1.05 bits per heavy atom. The van der Waals surface area contributed by atoms with Crippen LogP contribution < -0.4 is 0 Å². The van der Waals surface area contributed by atoms with Crippen molar-refractivity contribution in [3.8, 4) is 0 Å². The fourth-order valence-electron chi connectivity index (χ4n) is 2.03. The van der Waals surface area contributed by atoms with Crippen molar-refractivity contribution in [2.24, 2.45) is 0 Å². The minimum atomic E-state index is -0.653. The Morgan fingerprint density at radius 3 is 2.64 bits per heavy atom. The highest BCUT2D eigenvalue weighted by Crippen LogP contribution is 2.19. The van der Waals surface area contributed by atoms with Gasteiger partial charge >= 0.3 is 5.97 Å². The van der Waals surface area contributed by atoms with Gasteiger partial charge in [0.15, 0.2) is 12.4 Å². The monoisotopic (exact) mass is 358 g/mol. The Bertz CT molecular complexity index is 817. The Hall–Kier alpha value is -2.40. The van der Waals surface area contributed by atoms with Crippen molar-refractivity contribution in [2.75, 3.05) is 6.61 Å². The molecule has 0 radical (unpaired) electrons. The summed E-state index contributed by atoms with van der Waals surface area (Å²) in [6.45, 7) is -0.327. The SMILES string of the molecule is O=C(COC(=O)c1cc2ccccc2o1)c1cccc(Br)c1. The summed E-state index contributed by atoms with van der Waals surface area (Å²) >= 11 is 3.29. The zero-order valence-electron chi connectivity index (χ0n) is 11.4. The molecule has 2 aromatic carbocycles. The first-order valence-electron chi connectivity index (χ1n) is 6.58. The van der Waals surface area contributed by atoms with Gasteiger partial charge < -0.3 is 9.15 Å². The predicted octanol–water partition coefficient (Wildman–Crippen LogP) is 4.24. The first-order chi connectivity index (χ1) is 10.6. The molecule has 0 atom stereocenters. The van der Waals surface area contributed by atoms with Gasteiger partial charge in [0.1, 0.15) is 5.58 Å². The van der Waals surface area contributed by atoms with Gasteiger partial charge in [-0.15, -0.1) is 0 Å². The van der Waals surface area contributed by atoms with Gasteiger partial charge in [-0.3, -0.25) is 4.79 Å². The van der Waals surface area contributed by atoms with Gasteiger partial charge in [0.2, 0.25) is 5.76 Å². The van der Waals surface area contributed by atoms with Crippen LogP contribution in [0.15, 0.2) is 63.5 Å². The van der Waals surface area contributed by atoms with Crippen molar-refractivity contribution in [1.82, 2.24) is 0 Å². The molecule has 5 heteroatoms. The highest BCUT2D eigenvalue weighted by atomic mass is 79.9. The molecule has 22 heavy (non-hydrogen) atoms. The summed E-state index contributed by atoms with van der Waals surface area (Å²) in [4.78, 5) is 23.9. The molecule has 0 spiro atoms. The van der Waals surface area contributed by atoms with Crippen LogP contribution in [0.4, 0.5) is 0 Å². The van der Waals surface area contributed by atoms with E-state index in [1.54, 1.807) is 30.3 Å². The number of carbonyl (C=O) groups excluding carboxylic acids is 2. The molecule has 0 saturated heterocycles. The quantitative estimate of drug-likeness (QED) is 0.517. The second-order valence-corrected chi connectivity index (χ2v) is 5.57. The van der Waals surface area contributed by atoms with E-state index in [1.165, 1.54) is 0 Å². The maximum absolute atomic E-state index is 12.0. The molecule has 0 fully saturated rings. The number of halogens is 1. The van der Waals surface area contributed by atoms with Crippen LogP contribution in [0.1, 0.15) is 20.9 Å². The van der Waals surface area contributed by atoms with E-state index in [9.17, 15) is 9.59 Å². The Kier molecular flexibility index (Phi) is 4.06. The molecule has 110 valence electrons. The number of benzene rings is 2. The lowest BCUT2D eigenvalue weighted by Gasteiger charge is -2.03. The Morgan fingerprint density at radius 2 is 1.86 bits per heavy atom. The number of rotatable bonds is 4. The minimum Gasteiger partial charge on any atom is -0.451 e. The first kappa shape index (κ1) is 14.5. The van der Waals surface area contributed by atoms with Crippen LogP contribution in [0.25, 0.3) is 11.0 Å². The van der Waals surface area contributed by atoms with E-state index in [-0.39, 0.29) is 18.2 Å². The van der Waals surface area contributed by atoms with Crippen LogP contribution >= 0.6 is 15.9 Å². The molecule has 0 N–H and O–H groups in total. The number of fused-ring (bicyclic) bond motifs is 1. The Labute approximate surface area is 134 Å². The molecule has 0 amide bonds. The molecule has 0 unspecified atom stereocenters. The summed E-state index contributed by atoms with van der Waals surface area (Å²) in [6, 6.07) is 15.8. The fourth-order valence-corrected chi connectivity index (χ4v) is 2.43. The number of hydrogen-bond acceptors (Lipinski definition) is 4. The molecule has 4 nitrogen and oxygen atoms in total. The van der Waals surface area contributed by atoms with Crippen LogP contribution in [0, 0.1) is 0 Å². The van der Waals surface area contributed by atoms with Crippen molar-refractivity contribution >= 4 is 38.7 Å². The number of hydrogen-bond donors (Lipinski definition) is 0. The van der Waals surface area contributed by atoms with Crippen molar-refractivity contribution < 1.29 is 18.7 Å². The molecule has 0 aliphatic rings. The van der Waals surface area contributed by atoms with Crippen LogP contribution in [0.2, 0.25) is 0 Å². The minimum absolute atomic E-state index is 0.0863. The van der Waals surface area contributed by atoms with E-state index in [1.807, 2.05) is 24.3 Å². The van der Waals surface area contributed by atoms with E-state index < -0.39 is 5.97 Å². The number of ether oxygens (including phenoxy) is 1. The van der Waals surface area contributed by atoms with E-state index in [4.69, 9.17) is 9.15 Å². The van der Waals surface area contributed by atoms with Crippen molar-refractivity contribution in [2.45, 2.75) is 0 Å². The second-order valence-electron chi connectivity index (χ2n) is 4.66. The lowest BCUT2D eigenvalue weighted by Crippen LogP contribution is -2.13. The summed E-state index contributed by atoms with van der Waals surface area (Å²) in [5, 5.41) is 0.813. The van der Waals surface area contributed by atoms with Gasteiger partial charge in [-0.1, -0.05) is 46.3 Å². The maximum atomic E-state index is 12.0. The molecule has 0 bridgehead atoms. The fraction of sp³-hybridized carbons (Fsp3) is 0.0588. The highest BCUT2D eigenvalue weighted by Gasteiger charge is 2.16. The summed E-state index contributed by atoms with van der Waals surface area (Å²) in [6.07, 6.45) is 0. The first-order valence-corrected chi connectivity index (χ1v) is 7.37. The number of ketones is 1. The average Bonchev–Trinajstić information content (AvgIpc) is 2.96. The lowest BCUT2D eigenvalue weighted by molar-refractivity contribution is 0.0446. The van der Waals surface area contributed by atoms with Crippen LogP contribution in [-0.2, 0) is 4.74 Å². The zero-order chi connectivity index (χ0) is 15.5. The third kappa shape index (κ3) is 3.09. The van der Waals surface area contributed by atoms with Gasteiger partial charge in [0.05, 0.1) is 0 Å². The largest absolute Gasteiger partial charge is 0.451 e. The van der Waals surface area contributed by atoms with Gasteiger partial charge in [0, 0.05) is 15.4 Å². The number of para-hydroxylation sites is 1. The van der Waals surface area contributed by atoms with E-state index in [2.05, 4.69) is 15.9 Å². The van der Waals surface area contributed by atoms with Crippen molar-refractivity contribution in [3.05, 3.63) is 70.4 Å². The van der Waals surface area contributed by atoms with Crippen LogP contribution in [0.3, 0.4) is 0 Å². The second kappa shape index (κ2) is 6.15. The molecule has 0 aliphatic carbocycles. The van der Waals surface area contributed by atoms with Crippen molar-refractivity contribution in [3.63, 3.8) is 0 Å². The zero-order valence-corrected chi connectivity index (χ0v) is 13.0. The lowest BCUT2D eigenvalue weighted by atomic mass is 10.1. The molecule has 1 heterocycles. The molecule has 0 saturated carbocycles. The van der Waals surface area contributed by atoms with Gasteiger partial charge in [-0.05, 0) is 24.3 Å². The summed E-state index contributed by atoms with van der Waals surface area (Å²) in [5.74, 6) is -0.839. The highest BCUT2D eigenvalue weighted by molar-refractivity contribution is 9.10. The number of Topliss-reactive ketones (excluding diaryl/α,β-unsaturated/α-hetero) is 1. The smallest absolute Gasteiger partial charge is 0.374 e. The normalized spacial score (nSPS) is 10.6. The number of furan rings is 1. The summed E-state index contributed by atoms with van der Waals surface area (Å²) in [7, 11) is 0. The number of esters is 1. The van der Waals surface area contributed by atoms with Gasteiger partial charge in [-0.2, -0.15) is 0 Å². The topological polar surface area (TPSA) is 56.5 Å². The van der Waals surface area contributed by atoms with E-state index in [0.29, 0.717) is 11.1 Å². The van der Waals surface area contributed by atoms with Gasteiger partial charge in [-0.25, -0.2) is 4.79 Å². The number of carbonyl (C=O) groups is 2. The van der Waals surface area contributed by atoms with Gasteiger partial charge in [0.25, 0.3) is 0 Å². The molecule has 1 aromatic heterocycles. The summed E-state index contributed by atoms with van der Waals surface area (Å²) in [5.41, 5.74) is 1.08. The molecular weight excluding hydrogens is 348 g/mol. The molecule has 0 aliphatic heterocycles. The van der Waals surface area contributed by atoms with E-state index >= 15 is 0 Å². The third-order valence-corrected chi connectivity index (χ3v) is 3.60.